The summed E-state index contributed by atoms with van der Waals surface area (Å²) in [7, 11) is 0. The van der Waals surface area contributed by atoms with Crippen molar-refractivity contribution >= 4 is 44.3 Å². The molecule has 1 aromatic rings. The second-order valence-electron chi connectivity index (χ2n) is 7.44. The van der Waals surface area contributed by atoms with Crippen LogP contribution >= 0.6 is 44.3 Å². The molecule has 2 bridgehead atoms. The molecule has 2 aliphatic rings. The van der Waals surface area contributed by atoms with E-state index in [0.29, 0.717) is 29.2 Å². The minimum atomic E-state index is 0. The van der Waals surface area contributed by atoms with Crippen molar-refractivity contribution in [2.45, 2.75) is 52.6 Å². The first-order valence-corrected chi connectivity index (χ1v) is 9.24. The van der Waals surface area contributed by atoms with E-state index in [1.165, 1.54) is 19.3 Å². The number of benzene rings is 1. The molecule has 0 aliphatic heterocycles. The van der Waals surface area contributed by atoms with E-state index in [1.807, 2.05) is 12.1 Å². The molecule has 1 aromatic carbocycles. The van der Waals surface area contributed by atoms with Crippen LogP contribution in [0.3, 0.4) is 0 Å². The van der Waals surface area contributed by atoms with Gasteiger partial charge >= 0.3 is 0 Å². The lowest BCUT2D eigenvalue weighted by molar-refractivity contribution is 0.120. The summed E-state index contributed by atoms with van der Waals surface area (Å²) in [5.41, 5.74) is 1.74. The van der Waals surface area contributed by atoms with Crippen LogP contribution in [-0.2, 0) is 6.54 Å². The molecule has 124 valence electrons. The molecule has 22 heavy (non-hydrogen) atoms. The first-order valence-electron chi connectivity index (χ1n) is 7.66. The Morgan fingerprint density at radius 3 is 2.50 bits per heavy atom. The van der Waals surface area contributed by atoms with Gasteiger partial charge < -0.3 is 10.4 Å². The van der Waals surface area contributed by atoms with Gasteiger partial charge in [0.15, 0.2) is 0 Å². The summed E-state index contributed by atoms with van der Waals surface area (Å²) >= 11 is 6.90. The standard InChI is InChI=1S/C17H23Br2NO.ClH/c1-16(2)11-4-5-17(16,3)14(7-11)20-9-10-6-12(18)8-13(19)15(10)21;/h6,8,11,14,20-21H,4-5,7,9H2,1-3H3;1H. The van der Waals surface area contributed by atoms with E-state index in [2.05, 4.69) is 57.9 Å². The van der Waals surface area contributed by atoms with E-state index in [-0.39, 0.29) is 12.4 Å². The molecule has 3 rings (SSSR count). The molecule has 3 unspecified atom stereocenters. The predicted octanol–water partition coefficient (Wildman–Crippen LogP) is 5.64. The van der Waals surface area contributed by atoms with Crippen LogP contribution in [0.1, 0.15) is 45.6 Å². The average molecular weight is 454 g/mol. The monoisotopic (exact) mass is 451 g/mol. The zero-order chi connectivity index (χ0) is 15.4. The highest BCUT2D eigenvalue weighted by Gasteiger charge is 2.60. The fourth-order valence-electron chi connectivity index (χ4n) is 4.50. The highest BCUT2D eigenvalue weighted by Crippen LogP contribution is 2.65. The van der Waals surface area contributed by atoms with Crippen molar-refractivity contribution in [3.8, 4) is 5.75 Å². The number of phenols is 1. The Morgan fingerprint density at radius 1 is 1.27 bits per heavy atom. The number of nitrogens with one attached hydrogen (secondary N) is 1. The predicted molar refractivity (Wildman–Crippen MR) is 101 cm³/mol. The maximum absolute atomic E-state index is 10.2. The van der Waals surface area contributed by atoms with Gasteiger partial charge in [-0.1, -0.05) is 36.7 Å². The van der Waals surface area contributed by atoms with Crippen molar-refractivity contribution in [1.82, 2.24) is 5.32 Å². The number of halogens is 3. The molecule has 2 fully saturated rings. The summed E-state index contributed by atoms with van der Waals surface area (Å²) in [6.45, 7) is 8.01. The van der Waals surface area contributed by atoms with Crippen LogP contribution in [-0.4, -0.2) is 11.1 Å². The summed E-state index contributed by atoms with van der Waals surface area (Å²) in [6.07, 6.45) is 3.95. The molecule has 0 aromatic heterocycles. The molecule has 2 aliphatic carbocycles. The molecule has 2 nitrogen and oxygen atoms in total. The Balaban J connectivity index is 0.00000176. The molecule has 0 spiro atoms. The topological polar surface area (TPSA) is 32.3 Å². The molecule has 2 N–H and O–H groups in total. The Kier molecular flexibility index (Phi) is 5.29. The van der Waals surface area contributed by atoms with E-state index in [9.17, 15) is 5.11 Å². The van der Waals surface area contributed by atoms with Gasteiger partial charge in [-0.25, -0.2) is 0 Å². The lowest BCUT2D eigenvalue weighted by atomic mass is 9.69. The first kappa shape index (κ1) is 18.6. The van der Waals surface area contributed by atoms with Gasteiger partial charge in [0.2, 0.25) is 0 Å². The van der Waals surface area contributed by atoms with Gasteiger partial charge in [0, 0.05) is 22.6 Å². The number of hydrogen-bond acceptors (Lipinski definition) is 2. The van der Waals surface area contributed by atoms with Gasteiger partial charge in [0.05, 0.1) is 4.47 Å². The van der Waals surface area contributed by atoms with Crippen molar-refractivity contribution < 1.29 is 5.11 Å². The lowest BCUT2D eigenvalue weighted by Gasteiger charge is -2.39. The van der Waals surface area contributed by atoms with Crippen LogP contribution in [0.4, 0.5) is 0 Å². The normalized spacial score (nSPS) is 32.0. The summed E-state index contributed by atoms with van der Waals surface area (Å²) < 4.78 is 1.73. The molecule has 3 atom stereocenters. The highest BCUT2D eigenvalue weighted by atomic mass is 79.9. The van der Waals surface area contributed by atoms with Crippen molar-refractivity contribution in [3.05, 3.63) is 26.6 Å². The number of rotatable bonds is 3. The summed E-state index contributed by atoms with van der Waals surface area (Å²) in [5.74, 6) is 1.18. The second kappa shape index (κ2) is 6.27. The SMILES string of the molecule is CC1(C)C2CCC1(C)C(NCc1cc(Br)cc(Br)c1O)C2.Cl. The number of hydrogen-bond donors (Lipinski definition) is 2. The van der Waals surface area contributed by atoms with E-state index in [4.69, 9.17) is 0 Å². The van der Waals surface area contributed by atoms with Crippen molar-refractivity contribution in [2.24, 2.45) is 16.7 Å². The largest absolute Gasteiger partial charge is 0.506 e. The molecule has 0 heterocycles. The van der Waals surface area contributed by atoms with Gasteiger partial charge in [0.1, 0.15) is 5.75 Å². The van der Waals surface area contributed by atoms with Crippen LogP contribution in [0.15, 0.2) is 21.1 Å². The van der Waals surface area contributed by atoms with Crippen LogP contribution in [0.5, 0.6) is 5.75 Å². The Bertz CT molecular complexity index is 578. The Morgan fingerprint density at radius 2 is 1.95 bits per heavy atom. The minimum Gasteiger partial charge on any atom is -0.506 e. The zero-order valence-electron chi connectivity index (χ0n) is 13.2. The molecular formula is C17H24Br2ClNO. The lowest BCUT2D eigenvalue weighted by Crippen LogP contribution is -2.44. The molecule has 0 saturated heterocycles. The van der Waals surface area contributed by atoms with Crippen LogP contribution in [0.2, 0.25) is 0 Å². The first-order chi connectivity index (χ1) is 9.75. The quantitative estimate of drug-likeness (QED) is 0.620. The van der Waals surface area contributed by atoms with Crippen molar-refractivity contribution in [1.29, 1.82) is 0 Å². The van der Waals surface area contributed by atoms with Crippen molar-refractivity contribution in [3.63, 3.8) is 0 Å². The molecule has 5 heteroatoms. The van der Waals surface area contributed by atoms with E-state index in [0.717, 1.165) is 20.4 Å². The van der Waals surface area contributed by atoms with Crippen LogP contribution in [0.25, 0.3) is 0 Å². The zero-order valence-corrected chi connectivity index (χ0v) is 17.2. The van der Waals surface area contributed by atoms with Crippen molar-refractivity contribution in [2.75, 3.05) is 0 Å². The Hall–Kier alpha value is 0.230. The number of phenolic OH excluding ortho intramolecular Hbond substituents is 1. The fraction of sp³-hybridized carbons (Fsp3) is 0.647. The second-order valence-corrected chi connectivity index (χ2v) is 9.21. The fourth-order valence-corrected chi connectivity index (χ4v) is 5.81. The van der Waals surface area contributed by atoms with Gasteiger partial charge in [0.25, 0.3) is 0 Å². The van der Waals surface area contributed by atoms with E-state index < -0.39 is 0 Å². The average Bonchev–Trinajstić information content (AvgIpc) is 2.74. The molecular weight excluding hydrogens is 429 g/mol. The summed E-state index contributed by atoms with van der Waals surface area (Å²) in [5, 5.41) is 13.9. The highest BCUT2D eigenvalue weighted by molar-refractivity contribution is 9.11. The number of fused-ring (bicyclic) bond motifs is 2. The third kappa shape index (κ3) is 2.74. The summed E-state index contributed by atoms with van der Waals surface area (Å²) in [6, 6.07) is 4.41. The van der Waals surface area contributed by atoms with Gasteiger partial charge in [-0.2, -0.15) is 0 Å². The van der Waals surface area contributed by atoms with E-state index >= 15 is 0 Å². The Labute approximate surface area is 156 Å². The molecule has 2 saturated carbocycles. The maximum Gasteiger partial charge on any atom is 0.134 e. The van der Waals surface area contributed by atoms with Crippen LogP contribution in [0, 0.1) is 16.7 Å². The smallest absolute Gasteiger partial charge is 0.134 e. The van der Waals surface area contributed by atoms with Gasteiger partial charge in [-0.3, -0.25) is 0 Å². The van der Waals surface area contributed by atoms with E-state index in [1.54, 1.807) is 0 Å². The van der Waals surface area contributed by atoms with Crippen LogP contribution < -0.4 is 5.32 Å². The summed E-state index contributed by atoms with van der Waals surface area (Å²) in [4.78, 5) is 0. The molecule has 0 radical (unpaired) electrons. The minimum absolute atomic E-state index is 0. The van der Waals surface area contributed by atoms with Gasteiger partial charge in [-0.05, 0) is 64.1 Å². The molecule has 0 amide bonds. The third-order valence-corrected chi connectivity index (χ3v) is 7.50. The third-order valence-electron chi connectivity index (χ3n) is 6.44. The number of aromatic hydroxyl groups is 1. The van der Waals surface area contributed by atoms with Gasteiger partial charge in [-0.15, -0.1) is 12.4 Å². The maximum atomic E-state index is 10.2.